The maximum atomic E-state index is 10.8. The Morgan fingerprint density at radius 2 is 2.04 bits per heavy atom. The van der Waals surface area contributed by atoms with Gasteiger partial charge in [-0.25, -0.2) is 0 Å². The molecule has 0 aliphatic carbocycles. The SMILES string of the molecule is CC(C)=CCCC(C)=CCC[C@@](C)(Cl)[C@H](O)Cc1c[nH]c(N([O-])O)c1. The minimum absolute atomic E-state index is 0.0356. The minimum Gasteiger partial charge on any atom is -0.732 e. The second-order valence-electron chi connectivity index (χ2n) is 7.07. The number of aromatic amines is 1. The Balaban J connectivity index is 2.48. The highest BCUT2D eigenvalue weighted by atomic mass is 35.5. The second-order valence-corrected chi connectivity index (χ2v) is 7.94. The fourth-order valence-corrected chi connectivity index (χ4v) is 2.73. The monoisotopic (exact) mass is 369 g/mol. The lowest BCUT2D eigenvalue weighted by atomic mass is 9.93. The van der Waals surface area contributed by atoms with Crippen LogP contribution in [0.4, 0.5) is 5.82 Å². The summed E-state index contributed by atoms with van der Waals surface area (Å²) in [7, 11) is 0. The van der Waals surface area contributed by atoms with Crippen LogP contribution in [-0.2, 0) is 6.42 Å². The zero-order valence-electron chi connectivity index (χ0n) is 15.6. The van der Waals surface area contributed by atoms with Crippen molar-refractivity contribution in [3.8, 4) is 0 Å². The largest absolute Gasteiger partial charge is 0.732 e. The fraction of sp³-hybridized carbons (Fsp3) is 0.579. The van der Waals surface area contributed by atoms with Gasteiger partial charge in [0.25, 0.3) is 0 Å². The van der Waals surface area contributed by atoms with Gasteiger partial charge in [0.2, 0.25) is 0 Å². The van der Waals surface area contributed by atoms with Crippen LogP contribution in [0.15, 0.2) is 35.6 Å². The summed E-state index contributed by atoms with van der Waals surface area (Å²) in [4.78, 5) is 1.88. The van der Waals surface area contributed by atoms with Gasteiger partial charge in [-0.3, -0.25) is 5.21 Å². The standard InChI is InChI=1S/C19H30ClN2O3/c1-14(2)7-5-8-15(3)9-6-10-19(4,20)17(23)11-16-12-18(21-13-16)22(24)25/h7,9,12-13,17,21,23-24H,5-6,8,10-11H2,1-4H3/q-1/t17-,19-/m1/s1. The number of rotatable bonds is 10. The van der Waals surface area contributed by atoms with Crippen molar-refractivity contribution < 1.29 is 10.3 Å². The van der Waals surface area contributed by atoms with E-state index in [0.29, 0.717) is 12.8 Å². The molecule has 0 aliphatic heterocycles. The predicted octanol–water partition coefficient (Wildman–Crippen LogP) is 5.08. The van der Waals surface area contributed by atoms with Crippen molar-refractivity contribution in [3.05, 3.63) is 46.3 Å². The molecule has 1 rings (SSSR count). The molecule has 0 saturated heterocycles. The molecule has 0 aromatic carbocycles. The Morgan fingerprint density at radius 1 is 1.36 bits per heavy atom. The van der Waals surface area contributed by atoms with Crippen molar-refractivity contribution in [1.29, 1.82) is 0 Å². The fourth-order valence-electron chi connectivity index (χ4n) is 2.55. The molecule has 3 N–H and O–H groups in total. The number of hydrogen-bond donors (Lipinski definition) is 3. The van der Waals surface area contributed by atoms with Crippen LogP contribution in [0, 0.1) is 5.21 Å². The van der Waals surface area contributed by atoms with Gasteiger partial charge in [-0.1, -0.05) is 23.3 Å². The van der Waals surface area contributed by atoms with Gasteiger partial charge in [-0.15, -0.1) is 11.6 Å². The van der Waals surface area contributed by atoms with Crippen molar-refractivity contribution in [2.75, 3.05) is 5.23 Å². The number of allylic oxidation sites excluding steroid dienone is 4. The molecule has 1 aromatic rings. The maximum absolute atomic E-state index is 10.8. The molecule has 2 atom stereocenters. The van der Waals surface area contributed by atoms with Crippen molar-refractivity contribution in [1.82, 2.24) is 4.98 Å². The lowest BCUT2D eigenvalue weighted by Gasteiger charge is -2.27. The molecule has 1 heterocycles. The number of aliphatic hydroxyl groups is 1. The van der Waals surface area contributed by atoms with E-state index >= 15 is 0 Å². The van der Waals surface area contributed by atoms with E-state index < -0.39 is 11.0 Å². The highest BCUT2D eigenvalue weighted by molar-refractivity contribution is 6.24. The topological polar surface area (TPSA) is 82.5 Å². The zero-order chi connectivity index (χ0) is 19.0. The number of hydrogen-bond acceptors (Lipinski definition) is 4. The van der Waals surface area contributed by atoms with Crippen molar-refractivity contribution >= 4 is 17.4 Å². The van der Waals surface area contributed by atoms with Crippen LogP contribution in [0.5, 0.6) is 0 Å². The molecule has 0 bridgehead atoms. The first-order valence-electron chi connectivity index (χ1n) is 8.61. The summed E-state index contributed by atoms with van der Waals surface area (Å²) in [5.41, 5.74) is 3.38. The average Bonchev–Trinajstić information content (AvgIpc) is 2.95. The molecule has 0 aliphatic rings. The first-order valence-corrected chi connectivity index (χ1v) is 8.99. The molecular weight excluding hydrogens is 340 g/mol. The van der Waals surface area contributed by atoms with Crippen LogP contribution in [-0.4, -0.2) is 26.3 Å². The summed E-state index contributed by atoms with van der Waals surface area (Å²) >= 11 is 6.51. The second kappa shape index (κ2) is 10.0. The van der Waals surface area contributed by atoms with E-state index in [1.165, 1.54) is 17.2 Å². The van der Waals surface area contributed by atoms with E-state index in [2.05, 4.69) is 37.9 Å². The highest BCUT2D eigenvalue weighted by Crippen LogP contribution is 2.29. The number of aromatic nitrogens is 1. The van der Waals surface area contributed by atoms with Gasteiger partial charge in [-0.2, -0.15) is 0 Å². The normalized spacial score (nSPS) is 15.6. The molecule has 0 saturated carbocycles. The molecular formula is C19H30ClN2O3-. The third kappa shape index (κ3) is 8.10. The van der Waals surface area contributed by atoms with Crippen LogP contribution >= 0.6 is 11.6 Å². The summed E-state index contributed by atoms with van der Waals surface area (Å²) in [6, 6.07) is 1.50. The minimum atomic E-state index is -0.759. The van der Waals surface area contributed by atoms with E-state index in [-0.39, 0.29) is 11.0 Å². The van der Waals surface area contributed by atoms with Crippen molar-refractivity contribution in [2.45, 2.75) is 70.8 Å². The predicted molar refractivity (Wildman–Crippen MR) is 104 cm³/mol. The van der Waals surface area contributed by atoms with Gasteiger partial charge < -0.3 is 20.5 Å². The molecule has 0 radical (unpaired) electrons. The zero-order valence-corrected chi connectivity index (χ0v) is 16.3. The molecule has 0 amide bonds. The lowest BCUT2D eigenvalue weighted by Crippen LogP contribution is -2.35. The maximum Gasteiger partial charge on any atom is 0.119 e. The number of H-pyrrole nitrogens is 1. The van der Waals surface area contributed by atoms with Gasteiger partial charge in [0.1, 0.15) is 5.82 Å². The molecule has 1 aromatic heterocycles. The molecule has 0 unspecified atom stereocenters. The number of alkyl halides is 1. The molecule has 25 heavy (non-hydrogen) atoms. The van der Waals surface area contributed by atoms with E-state index in [1.54, 1.807) is 6.20 Å². The quantitative estimate of drug-likeness (QED) is 0.305. The number of anilines is 1. The third-order valence-corrected chi connectivity index (χ3v) is 4.72. The first kappa shape index (κ1) is 21.8. The van der Waals surface area contributed by atoms with Gasteiger partial charge >= 0.3 is 0 Å². The molecule has 0 fully saturated rings. The molecule has 0 spiro atoms. The number of nitrogens with zero attached hydrogens (tertiary/aromatic N) is 1. The molecule has 5 nitrogen and oxygen atoms in total. The first-order chi connectivity index (χ1) is 11.6. The molecule has 142 valence electrons. The van der Waals surface area contributed by atoms with Crippen LogP contribution in [0.1, 0.15) is 58.9 Å². The Hall–Kier alpha value is -1.27. The van der Waals surface area contributed by atoms with E-state index in [0.717, 1.165) is 24.8 Å². The van der Waals surface area contributed by atoms with Gasteiger partial charge in [0, 0.05) is 12.6 Å². The summed E-state index contributed by atoms with van der Waals surface area (Å²) in [6.07, 6.45) is 9.09. The van der Waals surface area contributed by atoms with Gasteiger partial charge in [0.15, 0.2) is 0 Å². The van der Waals surface area contributed by atoms with E-state index in [9.17, 15) is 10.3 Å². The van der Waals surface area contributed by atoms with Crippen molar-refractivity contribution in [3.63, 3.8) is 0 Å². The average molecular weight is 370 g/mol. The number of aliphatic hydroxyl groups excluding tert-OH is 1. The lowest BCUT2D eigenvalue weighted by molar-refractivity contribution is 0.127. The third-order valence-electron chi connectivity index (χ3n) is 4.27. The summed E-state index contributed by atoms with van der Waals surface area (Å²) in [5.74, 6) is 0.0356. The molecule has 6 heteroatoms. The Morgan fingerprint density at radius 3 is 2.60 bits per heavy atom. The smallest absolute Gasteiger partial charge is 0.119 e. The van der Waals surface area contributed by atoms with Crippen molar-refractivity contribution in [2.24, 2.45) is 0 Å². The highest BCUT2D eigenvalue weighted by Gasteiger charge is 2.30. The summed E-state index contributed by atoms with van der Waals surface area (Å²) in [6.45, 7) is 8.14. The Bertz CT molecular complexity index is 587. The van der Waals surface area contributed by atoms with Crippen LogP contribution in [0.2, 0.25) is 0 Å². The number of halogens is 1. The van der Waals surface area contributed by atoms with Crippen LogP contribution in [0.25, 0.3) is 0 Å². The van der Waals surface area contributed by atoms with E-state index in [4.69, 9.17) is 16.8 Å². The summed E-state index contributed by atoms with van der Waals surface area (Å²) < 4.78 is 0. The van der Waals surface area contributed by atoms with Gasteiger partial charge in [-0.05, 0) is 65.0 Å². The Labute approximate surface area is 155 Å². The van der Waals surface area contributed by atoms with Gasteiger partial charge in [0.05, 0.1) is 11.0 Å². The summed E-state index contributed by atoms with van der Waals surface area (Å²) in [5, 5.41) is 29.8. The number of nitrogens with one attached hydrogen (secondary N) is 1. The van der Waals surface area contributed by atoms with E-state index in [1.807, 2.05) is 6.92 Å². The van der Waals surface area contributed by atoms with Crippen LogP contribution < -0.4 is 5.23 Å². The Kier molecular flexibility index (Phi) is 8.73. The van der Waals surface area contributed by atoms with Crippen LogP contribution in [0.3, 0.4) is 0 Å².